The van der Waals surface area contributed by atoms with E-state index >= 15 is 0 Å². The zero-order valence-electron chi connectivity index (χ0n) is 23.2. The van der Waals surface area contributed by atoms with Gasteiger partial charge in [-0.25, -0.2) is 0 Å². The minimum atomic E-state index is -0.998. The fourth-order valence-corrected chi connectivity index (χ4v) is 4.76. The highest BCUT2D eigenvalue weighted by molar-refractivity contribution is 6.25. The molecular weight excluding hydrogens is 538 g/mol. The summed E-state index contributed by atoms with van der Waals surface area (Å²) in [5, 5.41) is 5.33. The van der Waals surface area contributed by atoms with Crippen LogP contribution in [0.25, 0.3) is 0 Å². The first kappa shape index (κ1) is 31.0. The third-order valence-corrected chi connectivity index (χ3v) is 6.82. The SMILES string of the molecule is O=C1CCC(N2C(=O)c3cccc(NCCOCCOCCOCCOCCOC4CCCCO4)c3C2=O)C(=O)N1. The van der Waals surface area contributed by atoms with E-state index in [1.54, 1.807) is 18.2 Å². The van der Waals surface area contributed by atoms with Gasteiger partial charge in [0.05, 0.1) is 70.6 Å². The summed E-state index contributed by atoms with van der Waals surface area (Å²) in [5.41, 5.74) is 0.937. The molecule has 0 aromatic heterocycles. The van der Waals surface area contributed by atoms with Gasteiger partial charge in [0.15, 0.2) is 6.29 Å². The van der Waals surface area contributed by atoms with E-state index in [4.69, 9.17) is 28.4 Å². The number of hydrogen-bond donors (Lipinski definition) is 2. The summed E-state index contributed by atoms with van der Waals surface area (Å²) in [5.74, 6) is -2.14. The van der Waals surface area contributed by atoms with E-state index < -0.39 is 29.7 Å². The molecule has 41 heavy (non-hydrogen) atoms. The number of piperidine rings is 1. The van der Waals surface area contributed by atoms with E-state index in [1.807, 2.05) is 0 Å². The lowest BCUT2D eigenvalue weighted by Crippen LogP contribution is -2.54. The second-order valence-corrected chi connectivity index (χ2v) is 9.72. The number of imide groups is 2. The first-order valence-electron chi connectivity index (χ1n) is 14.2. The molecule has 0 bridgehead atoms. The van der Waals surface area contributed by atoms with Gasteiger partial charge < -0.3 is 33.7 Å². The Morgan fingerprint density at radius 2 is 1.51 bits per heavy atom. The molecule has 2 unspecified atom stereocenters. The van der Waals surface area contributed by atoms with Crippen LogP contribution in [0, 0.1) is 0 Å². The van der Waals surface area contributed by atoms with Crippen LogP contribution in [0.1, 0.15) is 52.8 Å². The predicted molar refractivity (Wildman–Crippen MR) is 144 cm³/mol. The molecule has 2 saturated heterocycles. The highest BCUT2D eigenvalue weighted by Crippen LogP contribution is 2.32. The van der Waals surface area contributed by atoms with E-state index in [-0.39, 0.29) is 30.3 Å². The van der Waals surface area contributed by atoms with Crippen LogP contribution in [0.3, 0.4) is 0 Å². The molecular formula is C28H39N3O10. The molecule has 2 atom stereocenters. The highest BCUT2D eigenvalue weighted by Gasteiger charge is 2.45. The second kappa shape index (κ2) is 16.5. The first-order valence-corrected chi connectivity index (χ1v) is 14.2. The molecule has 3 heterocycles. The van der Waals surface area contributed by atoms with Gasteiger partial charge in [-0.15, -0.1) is 0 Å². The molecule has 1 aromatic carbocycles. The topological polar surface area (TPSA) is 151 Å². The molecule has 4 amide bonds. The third kappa shape index (κ3) is 9.02. The molecule has 13 nitrogen and oxygen atoms in total. The number of amides is 4. The number of hydrogen-bond acceptors (Lipinski definition) is 11. The van der Waals surface area contributed by atoms with Crippen molar-refractivity contribution in [3.8, 4) is 0 Å². The van der Waals surface area contributed by atoms with E-state index in [2.05, 4.69) is 10.6 Å². The fraction of sp³-hybridized carbons (Fsp3) is 0.643. The molecule has 3 aliphatic rings. The maximum Gasteiger partial charge on any atom is 0.264 e. The van der Waals surface area contributed by atoms with Gasteiger partial charge >= 0.3 is 0 Å². The van der Waals surface area contributed by atoms with Crippen LogP contribution in [-0.2, 0) is 38.0 Å². The average molecular weight is 578 g/mol. The van der Waals surface area contributed by atoms with Crippen molar-refractivity contribution in [1.82, 2.24) is 10.2 Å². The number of carbonyl (C=O) groups is 4. The molecule has 0 saturated carbocycles. The maximum absolute atomic E-state index is 13.1. The summed E-state index contributed by atoms with van der Waals surface area (Å²) >= 11 is 0. The van der Waals surface area contributed by atoms with Gasteiger partial charge in [0, 0.05) is 25.3 Å². The van der Waals surface area contributed by atoms with Crippen LogP contribution in [0.5, 0.6) is 0 Å². The molecule has 2 fully saturated rings. The van der Waals surface area contributed by atoms with E-state index in [9.17, 15) is 19.2 Å². The lowest BCUT2D eigenvalue weighted by Gasteiger charge is -2.27. The number of rotatable bonds is 18. The summed E-state index contributed by atoms with van der Waals surface area (Å²) in [4.78, 5) is 50.7. The van der Waals surface area contributed by atoms with Crippen molar-refractivity contribution >= 4 is 29.3 Å². The van der Waals surface area contributed by atoms with Crippen molar-refractivity contribution in [2.75, 3.05) is 77.9 Å². The number of ether oxygens (including phenoxy) is 6. The largest absolute Gasteiger partial charge is 0.382 e. The van der Waals surface area contributed by atoms with Gasteiger partial charge in [-0.2, -0.15) is 0 Å². The summed E-state index contributed by atoms with van der Waals surface area (Å²) in [6, 6.07) is 3.93. The Kier molecular flexibility index (Phi) is 12.5. The lowest BCUT2D eigenvalue weighted by atomic mass is 10.0. The van der Waals surface area contributed by atoms with Crippen molar-refractivity contribution in [3.63, 3.8) is 0 Å². The minimum absolute atomic E-state index is 0.0746. The van der Waals surface area contributed by atoms with Gasteiger partial charge in [-0.3, -0.25) is 29.4 Å². The molecule has 4 rings (SSSR count). The van der Waals surface area contributed by atoms with Crippen molar-refractivity contribution in [1.29, 1.82) is 0 Å². The van der Waals surface area contributed by atoms with Crippen molar-refractivity contribution in [2.24, 2.45) is 0 Å². The number of fused-ring (bicyclic) bond motifs is 1. The van der Waals surface area contributed by atoms with Crippen LogP contribution in [0.15, 0.2) is 18.2 Å². The van der Waals surface area contributed by atoms with Gasteiger partial charge in [-0.1, -0.05) is 6.07 Å². The summed E-state index contributed by atoms with van der Waals surface area (Å²) in [6.45, 7) is 5.22. The normalized spacial score (nSPS) is 20.8. The van der Waals surface area contributed by atoms with Crippen LogP contribution >= 0.6 is 0 Å². The average Bonchev–Trinajstić information content (AvgIpc) is 3.23. The highest BCUT2D eigenvalue weighted by atomic mass is 16.7. The standard InChI is InChI=1S/C28H39N3O10/c32-23-8-7-22(26(33)30-23)31-27(34)20-4-3-5-21(25(20)28(31)35)29-9-11-36-12-13-37-14-15-38-16-17-39-18-19-41-24-6-1-2-10-40-24/h3-5,22,24,29H,1-2,6-19H2,(H,30,32,33). The number of benzene rings is 1. The Balaban J connectivity index is 1.01. The van der Waals surface area contributed by atoms with Gasteiger partial charge in [0.1, 0.15) is 6.04 Å². The molecule has 1 aromatic rings. The molecule has 2 N–H and O–H groups in total. The number of nitrogens with one attached hydrogen (secondary N) is 2. The Hall–Kier alpha value is -2.94. The van der Waals surface area contributed by atoms with Crippen molar-refractivity contribution in [2.45, 2.75) is 44.4 Å². The minimum Gasteiger partial charge on any atom is -0.382 e. The number of nitrogens with zero attached hydrogens (tertiary/aromatic N) is 1. The summed E-state index contributed by atoms with van der Waals surface area (Å²) < 4.78 is 33.1. The second-order valence-electron chi connectivity index (χ2n) is 9.72. The molecule has 226 valence electrons. The Morgan fingerprint density at radius 1 is 0.829 bits per heavy atom. The Labute approximate surface area is 239 Å². The van der Waals surface area contributed by atoms with Crippen LogP contribution in [-0.4, -0.2) is 113 Å². The molecule has 0 spiro atoms. The van der Waals surface area contributed by atoms with Crippen LogP contribution < -0.4 is 10.6 Å². The third-order valence-electron chi connectivity index (χ3n) is 6.82. The first-order chi connectivity index (χ1) is 20.1. The maximum atomic E-state index is 13.1. The fourth-order valence-electron chi connectivity index (χ4n) is 4.76. The Bertz CT molecular complexity index is 1050. The quantitative estimate of drug-likeness (QED) is 0.191. The zero-order valence-corrected chi connectivity index (χ0v) is 23.2. The predicted octanol–water partition coefficient (Wildman–Crippen LogP) is 1.11. The Morgan fingerprint density at radius 3 is 2.17 bits per heavy atom. The van der Waals surface area contributed by atoms with Crippen LogP contribution in [0.2, 0.25) is 0 Å². The number of anilines is 1. The van der Waals surface area contributed by atoms with Crippen LogP contribution in [0.4, 0.5) is 5.69 Å². The van der Waals surface area contributed by atoms with E-state index in [1.165, 1.54) is 0 Å². The van der Waals surface area contributed by atoms with Gasteiger partial charge in [0.2, 0.25) is 11.8 Å². The van der Waals surface area contributed by atoms with Crippen molar-refractivity contribution < 1.29 is 47.6 Å². The van der Waals surface area contributed by atoms with Crippen molar-refractivity contribution in [3.05, 3.63) is 29.3 Å². The van der Waals surface area contributed by atoms with Gasteiger partial charge in [-0.05, 0) is 37.8 Å². The van der Waals surface area contributed by atoms with E-state index in [0.717, 1.165) is 30.8 Å². The molecule has 0 radical (unpaired) electrons. The zero-order chi connectivity index (χ0) is 28.9. The smallest absolute Gasteiger partial charge is 0.264 e. The molecule has 13 heteroatoms. The lowest BCUT2D eigenvalue weighted by molar-refractivity contribution is -0.169. The van der Waals surface area contributed by atoms with Gasteiger partial charge in [0.25, 0.3) is 11.8 Å². The van der Waals surface area contributed by atoms with E-state index in [0.29, 0.717) is 71.7 Å². The summed E-state index contributed by atoms with van der Waals surface area (Å²) in [6.07, 6.45) is 3.28. The molecule has 0 aliphatic carbocycles. The summed E-state index contributed by atoms with van der Waals surface area (Å²) in [7, 11) is 0. The monoisotopic (exact) mass is 577 g/mol. The number of carbonyl (C=O) groups excluding carboxylic acids is 4. The molecule has 3 aliphatic heterocycles.